The van der Waals surface area contributed by atoms with Gasteiger partial charge < -0.3 is 10.1 Å². The number of aromatic nitrogens is 5. The molecular weight excluding hydrogens is 316 g/mol. The van der Waals surface area contributed by atoms with Crippen LogP contribution in [-0.2, 0) is 5.75 Å². The number of hydrogen-bond donors (Lipinski definition) is 2. The van der Waals surface area contributed by atoms with E-state index in [9.17, 15) is 0 Å². The summed E-state index contributed by atoms with van der Waals surface area (Å²) >= 11 is 4.92. The summed E-state index contributed by atoms with van der Waals surface area (Å²) in [5.74, 6) is 1.03. The molecule has 6 nitrogen and oxygen atoms in total. The molecule has 3 aromatic heterocycles. The Hall–Kier alpha value is -1.54. The molecule has 0 bridgehead atoms. The van der Waals surface area contributed by atoms with Gasteiger partial charge in [0, 0.05) is 22.6 Å². The summed E-state index contributed by atoms with van der Waals surface area (Å²) in [6.45, 7) is 0. The molecule has 0 fully saturated rings. The van der Waals surface area contributed by atoms with Gasteiger partial charge in [-0.3, -0.25) is 0 Å². The van der Waals surface area contributed by atoms with E-state index in [1.807, 2.05) is 28.9 Å². The minimum Gasteiger partial charge on any atom is -0.368 e. The zero-order chi connectivity index (χ0) is 12.5. The van der Waals surface area contributed by atoms with Crippen LogP contribution >= 0.6 is 27.7 Å². The predicted octanol–water partition coefficient (Wildman–Crippen LogP) is 2.09. The van der Waals surface area contributed by atoms with Crippen molar-refractivity contribution in [3.8, 4) is 0 Å². The van der Waals surface area contributed by atoms with Gasteiger partial charge >= 0.3 is 0 Å². The standard InChI is InChI=1S/C10H9BrN6S/c11-6-1-2-8-13-7(4-17(8)3-6)5-18-10-14-9(12)15-16-10/h1-4H,5H2,(H3,12,14,15,16). The number of pyridine rings is 1. The van der Waals surface area contributed by atoms with Crippen molar-refractivity contribution in [3.05, 3.63) is 34.7 Å². The van der Waals surface area contributed by atoms with Crippen molar-refractivity contribution < 1.29 is 0 Å². The van der Waals surface area contributed by atoms with Crippen molar-refractivity contribution >= 4 is 39.3 Å². The van der Waals surface area contributed by atoms with E-state index in [4.69, 9.17) is 5.73 Å². The van der Waals surface area contributed by atoms with Crippen LogP contribution in [0.5, 0.6) is 0 Å². The number of fused-ring (bicyclic) bond motifs is 1. The lowest BCUT2D eigenvalue weighted by Crippen LogP contribution is -1.85. The number of nitrogens with two attached hydrogens (primary N) is 1. The van der Waals surface area contributed by atoms with Crippen molar-refractivity contribution in [2.45, 2.75) is 10.9 Å². The molecule has 0 aliphatic rings. The molecule has 8 heteroatoms. The maximum Gasteiger partial charge on any atom is 0.216 e. The molecule has 0 amide bonds. The van der Waals surface area contributed by atoms with Crippen LogP contribution in [-0.4, -0.2) is 24.6 Å². The van der Waals surface area contributed by atoms with Crippen molar-refractivity contribution in [3.63, 3.8) is 0 Å². The summed E-state index contributed by atoms with van der Waals surface area (Å²) in [4.78, 5) is 8.53. The number of rotatable bonds is 3. The van der Waals surface area contributed by atoms with E-state index in [1.165, 1.54) is 11.8 Å². The minimum absolute atomic E-state index is 0.330. The topological polar surface area (TPSA) is 84.9 Å². The highest BCUT2D eigenvalue weighted by atomic mass is 79.9. The van der Waals surface area contributed by atoms with Gasteiger partial charge in [-0.2, -0.15) is 4.98 Å². The van der Waals surface area contributed by atoms with Gasteiger partial charge in [0.1, 0.15) is 5.65 Å². The van der Waals surface area contributed by atoms with Crippen molar-refractivity contribution in [2.24, 2.45) is 0 Å². The first-order chi connectivity index (χ1) is 8.70. The van der Waals surface area contributed by atoms with Crippen LogP contribution in [0.2, 0.25) is 0 Å². The molecular formula is C10H9BrN6S. The summed E-state index contributed by atoms with van der Waals surface area (Å²) in [5, 5.41) is 7.19. The molecule has 0 saturated heterocycles. The highest BCUT2D eigenvalue weighted by Gasteiger charge is 2.05. The van der Waals surface area contributed by atoms with Crippen LogP contribution in [0.1, 0.15) is 5.69 Å². The van der Waals surface area contributed by atoms with Gasteiger partial charge in [-0.25, -0.2) is 10.1 Å². The Balaban J connectivity index is 1.78. The fourth-order valence-corrected chi connectivity index (χ4v) is 2.59. The van der Waals surface area contributed by atoms with Crippen molar-refractivity contribution in [2.75, 3.05) is 5.73 Å². The molecule has 0 aliphatic heterocycles. The molecule has 0 radical (unpaired) electrons. The van der Waals surface area contributed by atoms with Crippen LogP contribution in [0.3, 0.4) is 0 Å². The molecule has 92 valence electrons. The average molecular weight is 325 g/mol. The normalized spacial score (nSPS) is 11.2. The van der Waals surface area contributed by atoms with E-state index in [2.05, 4.69) is 36.1 Å². The van der Waals surface area contributed by atoms with E-state index in [0.717, 1.165) is 15.8 Å². The molecule has 3 aromatic rings. The molecule has 0 unspecified atom stereocenters. The van der Waals surface area contributed by atoms with E-state index < -0.39 is 0 Å². The monoisotopic (exact) mass is 324 g/mol. The Kier molecular flexibility index (Phi) is 2.96. The third-order valence-corrected chi connectivity index (χ3v) is 3.65. The molecule has 3 rings (SSSR count). The van der Waals surface area contributed by atoms with Gasteiger partial charge in [-0.05, 0) is 28.1 Å². The summed E-state index contributed by atoms with van der Waals surface area (Å²) in [5.41, 5.74) is 7.35. The van der Waals surface area contributed by atoms with E-state index in [1.54, 1.807) is 0 Å². The quantitative estimate of drug-likeness (QED) is 0.720. The van der Waals surface area contributed by atoms with Crippen molar-refractivity contribution in [1.82, 2.24) is 24.6 Å². The number of aromatic amines is 1. The number of hydrogen-bond acceptors (Lipinski definition) is 5. The number of nitrogen functional groups attached to an aromatic ring is 1. The van der Waals surface area contributed by atoms with Gasteiger partial charge in [0.2, 0.25) is 11.1 Å². The highest BCUT2D eigenvalue weighted by molar-refractivity contribution is 9.10. The Bertz CT molecular complexity index is 691. The molecule has 0 saturated carbocycles. The first-order valence-corrected chi connectivity index (χ1v) is 6.92. The molecule has 3 heterocycles. The maximum absolute atomic E-state index is 5.46. The van der Waals surface area contributed by atoms with Crippen molar-refractivity contribution in [1.29, 1.82) is 0 Å². The number of nitrogens with zero attached hydrogens (tertiary/aromatic N) is 4. The third kappa shape index (κ3) is 2.34. The Morgan fingerprint density at radius 3 is 3.00 bits per heavy atom. The van der Waals surface area contributed by atoms with Crippen LogP contribution in [0.25, 0.3) is 5.65 Å². The fraction of sp³-hybridized carbons (Fsp3) is 0.100. The zero-order valence-corrected chi connectivity index (χ0v) is 11.6. The molecule has 0 aliphatic carbocycles. The lowest BCUT2D eigenvalue weighted by atomic mass is 10.5. The maximum atomic E-state index is 5.46. The minimum atomic E-state index is 0.330. The Labute approximate surface area is 115 Å². The first kappa shape index (κ1) is 11.5. The molecule has 18 heavy (non-hydrogen) atoms. The summed E-state index contributed by atoms with van der Waals surface area (Å²) in [6, 6.07) is 3.93. The second-order valence-corrected chi connectivity index (χ2v) is 5.50. The average Bonchev–Trinajstić information content (AvgIpc) is 2.92. The predicted molar refractivity (Wildman–Crippen MR) is 73.2 cm³/mol. The van der Waals surface area contributed by atoms with Crippen LogP contribution in [0.4, 0.5) is 5.95 Å². The third-order valence-electron chi connectivity index (χ3n) is 2.30. The number of imidazole rings is 1. The van der Waals surface area contributed by atoms with Crippen LogP contribution in [0.15, 0.2) is 34.2 Å². The Morgan fingerprint density at radius 1 is 1.33 bits per heavy atom. The summed E-state index contributed by atoms with van der Waals surface area (Å²) < 4.78 is 3.00. The molecule has 0 spiro atoms. The largest absolute Gasteiger partial charge is 0.368 e. The first-order valence-electron chi connectivity index (χ1n) is 5.14. The lowest BCUT2D eigenvalue weighted by molar-refractivity contribution is 0.972. The number of halogens is 1. The second-order valence-electron chi connectivity index (χ2n) is 3.64. The molecule has 3 N–H and O–H groups in total. The Morgan fingerprint density at radius 2 is 2.22 bits per heavy atom. The smallest absolute Gasteiger partial charge is 0.216 e. The van der Waals surface area contributed by atoms with Gasteiger partial charge in [0.25, 0.3) is 0 Å². The zero-order valence-electron chi connectivity index (χ0n) is 9.17. The van der Waals surface area contributed by atoms with Crippen LogP contribution < -0.4 is 5.73 Å². The van der Waals surface area contributed by atoms with Crippen LogP contribution in [0, 0.1) is 0 Å². The number of H-pyrrole nitrogens is 1. The highest BCUT2D eigenvalue weighted by Crippen LogP contribution is 2.20. The van der Waals surface area contributed by atoms with Gasteiger partial charge in [-0.15, -0.1) is 5.10 Å². The second kappa shape index (κ2) is 4.62. The van der Waals surface area contributed by atoms with E-state index in [0.29, 0.717) is 16.9 Å². The summed E-state index contributed by atoms with van der Waals surface area (Å²) in [6.07, 6.45) is 3.96. The summed E-state index contributed by atoms with van der Waals surface area (Å²) in [7, 11) is 0. The van der Waals surface area contributed by atoms with E-state index in [-0.39, 0.29) is 0 Å². The SMILES string of the molecule is Nc1nc(SCc2cn3cc(Br)ccc3n2)n[nH]1. The van der Waals surface area contributed by atoms with Gasteiger partial charge in [-0.1, -0.05) is 11.8 Å². The van der Waals surface area contributed by atoms with Gasteiger partial charge in [0.05, 0.1) is 5.69 Å². The number of nitrogens with one attached hydrogen (secondary N) is 1. The number of thioether (sulfide) groups is 1. The fourth-order valence-electron chi connectivity index (χ4n) is 1.55. The lowest BCUT2D eigenvalue weighted by Gasteiger charge is -1.91. The van der Waals surface area contributed by atoms with E-state index >= 15 is 0 Å². The van der Waals surface area contributed by atoms with Gasteiger partial charge in [0.15, 0.2) is 0 Å². The number of anilines is 1. The molecule has 0 atom stereocenters. The molecule has 0 aromatic carbocycles.